The number of methoxy groups -OCH3 is 1. The summed E-state index contributed by atoms with van der Waals surface area (Å²) in [5.74, 6) is 0. The van der Waals surface area contributed by atoms with Crippen molar-refractivity contribution in [3.05, 3.63) is 35.4 Å². The number of rotatable bonds is 9. The molecule has 1 aromatic rings. The fraction of sp³-hybridized carbons (Fsp3) is 0.625. The van der Waals surface area contributed by atoms with E-state index in [1.54, 1.807) is 7.11 Å². The van der Waals surface area contributed by atoms with Crippen LogP contribution in [-0.2, 0) is 9.47 Å². The summed E-state index contributed by atoms with van der Waals surface area (Å²) in [7, 11) is 1.70. The molecular weight excluding hydrogens is 238 g/mol. The highest BCUT2D eigenvalue weighted by atomic mass is 16.5. The van der Waals surface area contributed by atoms with Gasteiger partial charge in [0.1, 0.15) is 0 Å². The molecule has 3 nitrogen and oxygen atoms in total. The van der Waals surface area contributed by atoms with Crippen molar-refractivity contribution in [3.63, 3.8) is 0 Å². The molecule has 19 heavy (non-hydrogen) atoms. The van der Waals surface area contributed by atoms with Gasteiger partial charge in [0.15, 0.2) is 0 Å². The first kappa shape index (κ1) is 16.2. The summed E-state index contributed by atoms with van der Waals surface area (Å²) in [6.07, 6.45) is 1.25. The lowest BCUT2D eigenvalue weighted by molar-refractivity contribution is 0.00730. The van der Waals surface area contributed by atoms with Gasteiger partial charge in [0.2, 0.25) is 0 Å². The molecule has 0 fully saturated rings. The predicted octanol–water partition coefficient (Wildman–Crippen LogP) is 3.09. The van der Waals surface area contributed by atoms with Crippen LogP contribution in [0.25, 0.3) is 0 Å². The zero-order valence-corrected chi connectivity index (χ0v) is 12.6. The molecule has 1 aromatic carbocycles. The van der Waals surface area contributed by atoms with Gasteiger partial charge in [0, 0.05) is 7.11 Å². The summed E-state index contributed by atoms with van der Waals surface area (Å²) in [4.78, 5) is 0. The Morgan fingerprint density at radius 2 is 1.84 bits per heavy atom. The van der Waals surface area contributed by atoms with Crippen LogP contribution in [0.2, 0.25) is 0 Å². The second-order valence-electron chi connectivity index (χ2n) is 4.91. The Bertz CT molecular complexity index is 337. The third-order valence-electron chi connectivity index (χ3n) is 3.19. The van der Waals surface area contributed by atoms with Gasteiger partial charge in [0.25, 0.3) is 0 Å². The molecular formula is C16H27NO2. The summed E-state index contributed by atoms with van der Waals surface area (Å²) in [5, 5.41) is 3.57. The molecule has 0 spiro atoms. The number of nitrogens with one attached hydrogen (secondary N) is 1. The molecule has 2 atom stereocenters. The average molecular weight is 265 g/mol. The summed E-state index contributed by atoms with van der Waals surface area (Å²) in [5.41, 5.74) is 2.56. The molecule has 0 saturated carbocycles. The maximum Gasteiger partial charge on any atom is 0.0742 e. The van der Waals surface area contributed by atoms with Gasteiger partial charge in [-0.1, -0.05) is 36.8 Å². The van der Waals surface area contributed by atoms with Crippen LogP contribution in [0.5, 0.6) is 0 Å². The molecule has 1 N–H and O–H groups in total. The van der Waals surface area contributed by atoms with Crippen LogP contribution < -0.4 is 5.32 Å². The van der Waals surface area contributed by atoms with Gasteiger partial charge in [-0.25, -0.2) is 0 Å². The quantitative estimate of drug-likeness (QED) is 0.696. The SMILES string of the molecule is CCCNC(c1ccc(C)cc1)C(C)OCCOC. The summed E-state index contributed by atoms with van der Waals surface area (Å²) >= 11 is 0. The molecule has 0 radical (unpaired) electrons. The van der Waals surface area contributed by atoms with Crippen LogP contribution in [0, 0.1) is 6.92 Å². The van der Waals surface area contributed by atoms with E-state index < -0.39 is 0 Å². The van der Waals surface area contributed by atoms with Crippen molar-refractivity contribution in [2.45, 2.75) is 39.3 Å². The molecule has 0 amide bonds. The maximum absolute atomic E-state index is 5.84. The molecule has 0 bridgehead atoms. The molecule has 0 heterocycles. The Morgan fingerprint density at radius 3 is 2.42 bits per heavy atom. The molecule has 3 heteroatoms. The van der Waals surface area contributed by atoms with Crippen LogP contribution in [0.3, 0.4) is 0 Å². The molecule has 0 aliphatic heterocycles. The number of aryl methyl sites for hydroxylation is 1. The fourth-order valence-electron chi connectivity index (χ4n) is 2.04. The van der Waals surface area contributed by atoms with Gasteiger partial charge < -0.3 is 14.8 Å². The summed E-state index contributed by atoms with van der Waals surface area (Å²) in [6.45, 7) is 8.67. The van der Waals surface area contributed by atoms with Gasteiger partial charge in [-0.2, -0.15) is 0 Å². The highest BCUT2D eigenvalue weighted by Crippen LogP contribution is 2.20. The third kappa shape index (κ3) is 5.72. The highest BCUT2D eigenvalue weighted by Gasteiger charge is 2.18. The van der Waals surface area contributed by atoms with Crippen LogP contribution in [-0.4, -0.2) is 33.0 Å². The van der Waals surface area contributed by atoms with E-state index in [1.165, 1.54) is 11.1 Å². The van der Waals surface area contributed by atoms with Gasteiger partial charge in [-0.05, 0) is 32.4 Å². The van der Waals surface area contributed by atoms with Crippen molar-refractivity contribution < 1.29 is 9.47 Å². The van der Waals surface area contributed by atoms with Crippen molar-refractivity contribution in [3.8, 4) is 0 Å². The van der Waals surface area contributed by atoms with Crippen LogP contribution >= 0.6 is 0 Å². The smallest absolute Gasteiger partial charge is 0.0742 e. The van der Waals surface area contributed by atoms with E-state index in [-0.39, 0.29) is 12.1 Å². The molecule has 0 aliphatic rings. The van der Waals surface area contributed by atoms with Crippen molar-refractivity contribution in [2.75, 3.05) is 26.9 Å². The third-order valence-corrected chi connectivity index (χ3v) is 3.19. The lowest BCUT2D eigenvalue weighted by Crippen LogP contribution is -2.33. The topological polar surface area (TPSA) is 30.5 Å². The minimum absolute atomic E-state index is 0.129. The minimum atomic E-state index is 0.129. The number of benzene rings is 1. The van der Waals surface area contributed by atoms with Crippen molar-refractivity contribution in [2.24, 2.45) is 0 Å². The van der Waals surface area contributed by atoms with Crippen LogP contribution in [0.15, 0.2) is 24.3 Å². The second kappa shape index (κ2) is 9.08. The van der Waals surface area contributed by atoms with E-state index in [9.17, 15) is 0 Å². The lowest BCUT2D eigenvalue weighted by Gasteiger charge is -2.26. The predicted molar refractivity (Wildman–Crippen MR) is 79.5 cm³/mol. The highest BCUT2D eigenvalue weighted by molar-refractivity contribution is 5.24. The molecule has 108 valence electrons. The molecule has 0 aliphatic carbocycles. The summed E-state index contributed by atoms with van der Waals surface area (Å²) in [6, 6.07) is 8.89. The zero-order valence-electron chi connectivity index (χ0n) is 12.6. The van der Waals surface area contributed by atoms with E-state index in [4.69, 9.17) is 9.47 Å². The van der Waals surface area contributed by atoms with E-state index in [1.807, 2.05) is 0 Å². The Morgan fingerprint density at radius 1 is 1.16 bits per heavy atom. The first-order valence-electron chi connectivity index (χ1n) is 7.09. The van der Waals surface area contributed by atoms with Crippen LogP contribution in [0.1, 0.15) is 37.4 Å². The number of hydrogen-bond donors (Lipinski definition) is 1. The fourth-order valence-corrected chi connectivity index (χ4v) is 2.04. The standard InChI is InChI=1S/C16H27NO2/c1-5-10-17-16(14(3)19-12-11-18-4)15-8-6-13(2)7-9-15/h6-9,14,16-17H,5,10-12H2,1-4H3. The van der Waals surface area contributed by atoms with Gasteiger partial charge in [-0.3, -0.25) is 0 Å². The van der Waals surface area contributed by atoms with Crippen LogP contribution in [0.4, 0.5) is 0 Å². The average Bonchev–Trinajstić information content (AvgIpc) is 2.41. The van der Waals surface area contributed by atoms with E-state index in [0.29, 0.717) is 13.2 Å². The van der Waals surface area contributed by atoms with E-state index in [2.05, 4.69) is 50.4 Å². The first-order chi connectivity index (χ1) is 9.19. The van der Waals surface area contributed by atoms with E-state index in [0.717, 1.165) is 13.0 Å². The number of hydrogen-bond acceptors (Lipinski definition) is 3. The van der Waals surface area contributed by atoms with E-state index >= 15 is 0 Å². The Hall–Kier alpha value is -0.900. The normalized spacial score (nSPS) is 14.3. The Balaban J connectivity index is 2.67. The monoisotopic (exact) mass is 265 g/mol. The lowest BCUT2D eigenvalue weighted by atomic mass is 10.0. The first-order valence-corrected chi connectivity index (χ1v) is 7.09. The van der Waals surface area contributed by atoms with Gasteiger partial charge in [-0.15, -0.1) is 0 Å². The molecule has 2 unspecified atom stereocenters. The molecule has 1 rings (SSSR count). The molecule has 0 aromatic heterocycles. The summed E-state index contributed by atoms with van der Waals surface area (Å²) < 4.78 is 10.9. The van der Waals surface area contributed by atoms with Gasteiger partial charge >= 0.3 is 0 Å². The Kier molecular flexibility index (Phi) is 7.72. The maximum atomic E-state index is 5.84. The van der Waals surface area contributed by atoms with Crippen molar-refractivity contribution in [1.82, 2.24) is 5.32 Å². The molecule has 0 saturated heterocycles. The second-order valence-corrected chi connectivity index (χ2v) is 4.91. The van der Waals surface area contributed by atoms with Crippen molar-refractivity contribution >= 4 is 0 Å². The number of ether oxygens (including phenoxy) is 2. The zero-order chi connectivity index (χ0) is 14.1. The minimum Gasteiger partial charge on any atom is -0.382 e. The Labute approximate surface area is 117 Å². The largest absolute Gasteiger partial charge is 0.382 e. The van der Waals surface area contributed by atoms with Gasteiger partial charge in [0.05, 0.1) is 25.4 Å². The van der Waals surface area contributed by atoms with Crippen molar-refractivity contribution in [1.29, 1.82) is 0 Å².